The first-order valence-corrected chi connectivity index (χ1v) is 5.45. The Morgan fingerprint density at radius 1 is 1.00 bits per heavy atom. The average molecular weight is 199 g/mol. The van der Waals surface area contributed by atoms with Gasteiger partial charge in [0.25, 0.3) is 0 Å². The van der Waals surface area contributed by atoms with Crippen LogP contribution in [0.4, 0.5) is 0 Å². The Hall–Kier alpha value is -0.860. The Bertz CT molecular complexity index is 187. The fraction of sp³-hybridized carbons (Fsp3) is 0.818. The molecule has 0 heterocycles. The van der Waals surface area contributed by atoms with E-state index in [0.29, 0.717) is 0 Å². The van der Waals surface area contributed by atoms with E-state index in [4.69, 9.17) is 0 Å². The molecule has 14 heavy (non-hydrogen) atoms. The predicted molar refractivity (Wildman–Crippen MR) is 63.0 cm³/mol. The lowest BCUT2D eigenvalue weighted by Crippen LogP contribution is -2.33. The second-order valence-corrected chi connectivity index (χ2v) is 3.49. The van der Waals surface area contributed by atoms with Crippen LogP contribution in [0.1, 0.15) is 27.7 Å². The Labute approximate surface area is 88.8 Å². The zero-order valence-electron chi connectivity index (χ0n) is 10.5. The molecule has 0 aliphatic heterocycles. The molecule has 3 heteroatoms. The normalized spacial score (nSPS) is 12.1. The Morgan fingerprint density at radius 2 is 1.50 bits per heavy atom. The van der Waals surface area contributed by atoms with E-state index in [1.54, 1.807) is 0 Å². The predicted octanol–water partition coefficient (Wildman–Crippen LogP) is 1.69. The third-order valence-corrected chi connectivity index (χ3v) is 2.59. The van der Waals surface area contributed by atoms with Gasteiger partial charge in [-0.3, -0.25) is 0 Å². The molecule has 0 unspecified atom stereocenters. The average Bonchev–Trinajstić information content (AvgIpc) is 2.22. The molecule has 84 valence electrons. The molecule has 0 aromatic heterocycles. The molecular formula is C11H25N3. The Kier molecular flexibility index (Phi) is 6.17. The molecule has 1 N–H and O–H groups in total. The van der Waals surface area contributed by atoms with Crippen molar-refractivity contribution in [3.63, 3.8) is 0 Å². The molecule has 0 spiro atoms. The number of hydrogen-bond donors (Lipinski definition) is 1. The van der Waals surface area contributed by atoms with Gasteiger partial charge in [0.05, 0.1) is 5.70 Å². The van der Waals surface area contributed by atoms with Crippen LogP contribution in [0.2, 0.25) is 0 Å². The zero-order valence-corrected chi connectivity index (χ0v) is 10.5. The van der Waals surface area contributed by atoms with E-state index >= 15 is 0 Å². The molecule has 0 atom stereocenters. The van der Waals surface area contributed by atoms with Crippen molar-refractivity contribution in [2.24, 2.45) is 0 Å². The molecular weight excluding hydrogens is 174 g/mol. The maximum Gasteiger partial charge on any atom is 0.120 e. The summed E-state index contributed by atoms with van der Waals surface area (Å²) in [5.74, 6) is 1.24. The largest absolute Gasteiger partial charge is 0.376 e. The summed E-state index contributed by atoms with van der Waals surface area (Å²) in [6.45, 7) is 11.6. The summed E-state index contributed by atoms with van der Waals surface area (Å²) in [6.07, 6.45) is 0. The Balaban J connectivity index is 4.74. The van der Waals surface area contributed by atoms with Crippen molar-refractivity contribution in [3.8, 4) is 0 Å². The van der Waals surface area contributed by atoms with Crippen molar-refractivity contribution < 1.29 is 0 Å². The molecule has 3 nitrogen and oxygen atoms in total. The highest BCUT2D eigenvalue weighted by Gasteiger charge is 2.08. The lowest BCUT2D eigenvalue weighted by molar-refractivity contribution is 0.356. The number of nitrogens with one attached hydrogen (secondary N) is 1. The van der Waals surface area contributed by atoms with E-state index in [0.717, 1.165) is 19.6 Å². The molecule has 0 saturated carbocycles. The van der Waals surface area contributed by atoms with Gasteiger partial charge in [-0.25, -0.2) is 0 Å². The highest BCUT2D eigenvalue weighted by atomic mass is 15.3. The minimum Gasteiger partial charge on any atom is -0.376 e. The first kappa shape index (κ1) is 13.1. The van der Waals surface area contributed by atoms with Crippen LogP contribution < -0.4 is 5.32 Å². The number of allylic oxidation sites excluding steroid dienone is 1. The summed E-state index contributed by atoms with van der Waals surface area (Å²) in [5, 5.41) is 3.41. The van der Waals surface area contributed by atoms with Crippen LogP contribution in [0.25, 0.3) is 0 Å². The maximum atomic E-state index is 3.41. The van der Waals surface area contributed by atoms with Crippen molar-refractivity contribution in [1.29, 1.82) is 0 Å². The molecule has 0 aliphatic rings. The summed E-state index contributed by atoms with van der Waals surface area (Å²) >= 11 is 0. The Morgan fingerprint density at radius 3 is 1.86 bits per heavy atom. The van der Waals surface area contributed by atoms with E-state index in [1.165, 1.54) is 11.5 Å². The van der Waals surface area contributed by atoms with Gasteiger partial charge in [0, 0.05) is 33.7 Å². The van der Waals surface area contributed by atoms with Crippen molar-refractivity contribution in [3.05, 3.63) is 11.5 Å². The van der Waals surface area contributed by atoms with Gasteiger partial charge >= 0.3 is 0 Å². The van der Waals surface area contributed by atoms with Crippen molar-refractivity contribution in [2.75, 3.05) is 33.7 Å². The molecule has 0 aliphatic carbocycles. The lowest BCUT2D eigenvalue weighted by atomic mass is 10.3. The molecule has 0 aromatic carbocycles. The highest BCUT2D eigenvalue weighted by Crippen LogP contribution is 2.08. The smallest absolute Gasteiger partial charge is 0.120 e. The summed E-state index contributed by atoms with van der Waals surface area (Å²) in [6, 6.07) is 0. The van der Waals surface area contributed by atoms with E-state index in [1.807, 2.05) is 0 Å². The molecule has 0 saturated heterocycles. The molecule has 0 amide bonds. The van der Waals surface area contributed by atoms with Crippen LogP contribution in [-0.4, -0.2) is 43.5 Å². The summed E-state index contributed by atoms with van der Waals surface area (Å²) < 4.78 is 0. The standard InChI is InChI=1S/C11H25N3/c1-7-12-11(14(6)9-3)10(4)13(5)8-2/h12H,7-9H2,1-6H3/b11-10-. The summed E-state index contributed by atoms with van der Waals surface area (Å²) in [4.78, 5) is 4.50. The molecule has 0 rings (SSSR count). The first-order chi connectivity index (χ1) is 6.58. The van der Waals surface area contributed by atoms with Crippen molar-refractivity contribution >= 4 is 0 Å². The first-order valence-electron chi connectivity index (χ1n) is 5.45. The van der Waals surface area contributed by atoms with Gasteiger partial charge in [-0.05, 0) is 27.7 Å². The molecule has 0 bridgehead atoms. The monoisotopic (exact) mass is 199 g/mol. The second-order valence-electron chi connectivity index (χ2n) is 3.49. The third kappa shape index (κ3) is 3.48. The molecule has 0 fully saturated rings. The van der Waals surface area contributed by atoms with Gasteiger partial charge in [-0.15, -0.1) is 0 Å². The minimum atomic E-state index is 0.967. The van der Waals surface area contributed by atoms with E-state index in [2.05, 4.69) is 56.9 Å². The fourth-order valence-corrected chi connectivity index (χ4v) is 1.28. The van der Waals surface area contributed by atoms with Gasteiger partial charge in [0.15, 0.2) is 0 Å². The van der Waals surface area contributed by atoms with Crippen LogP contribution in [-0.2, 0) is 0 Å². The number of hydrogen-bond acceptors (Lipinski definition) is 3. The topological polar surface area (TPSA) is 18.5 Å². The molecule has 0 radical (unpaired) electrons. The SMILES string of the molecule is CCN/C(=C(\C)N(C)CC)N(C)CC. The zero-order chi connectivity index (χ0) is 11.1. The van der Waals surface area contributed by atoms with Crippen LogP contribution in [0.3, 0.4) is 0 Å². The second kappa shape index (κ2) is 6.57. The van der Waals surface area contributed by atoms with Gasteiger partial charge in [-0.2, -0.15) is 0 Å². The van der Waals surface area contributed by atoms with Gasteiger partial charge in [-0.1, -0.05) is 0 Å². The maximum absolute atomic E-state index is 3.41. The van der Waals surface area contributed by atoms with Gasteiger partial charge < -0.3 is 15.1 Å². The van der Waals surface area contributed by atoms with Crippen LogP contribution in [0.15, 0.2) is 11.5 Å². The van der Waals surface area contributed by atoms with E-state index in [9.17, 15) is 0 Å². The fourth-order valence-electron chi connectivity index (χ4n) is 1.28. The van der Waals surface area contributed by atoms with E-state index in [-0.39, 0.29) is 0 Å². The minimum absolute atomic E-state index is 0.967. The van der Waals surface area contributed by atoms with E-state index < -0.39 is 0 Å². The number of rotatable bonds is 6. The summed E-state index contributed by atoms with van der Waals surface area (Å²) in [5.41, 5.74) is 1.30. The quantitative estimate of drug-likeness (QED) is 0.702. The third-order valence-electron chi connectivity index (χ3n) is 2.59. The summed E-state index contributed by atoms with van der Waals surface area (Å²) in [7, 11) is 4.24. The van der Waals surface area contributed by atoms with Crippen LogP contribution in [0, 0.1) is 0 Å². The van der Waals surface area contributed by atoms with Crippen LogP contribution >= 0.6 is 0 Å². The van der Waals surface area contributed by atoms with Gasteiger partial charge in [0.1, 0.15) is 5.82 Å². The number of nitrogens with zero attached hydrogens (tertiary/aromatic N) is 2. The highest BCUT2D eigenvalue weighted by molar-refractivity contribution is 5.07. The van der Waals surface area contributed by atoms with Crippen molar-refractivity contribution in [2.45, 2.75) is 27.7 Å². The van der Waals surface area contributed by atoms with Crippen molar-refractivity contribution in [1.82, 2.24) is 15.1 Å². The van der Waals surface area contributed by atoms with Gasteiger partial charge in [0.2, 0.25) is 0 Å². The lowest BCUT2D eigenvalue weighted by Gasteiger charge is -2.28. The van der Waals surface area contributed by atoms with Crippen LogP contribution in [0.5, 0.6) is 0 Å². The molecule has 0 aromatic rings.